The van der Waals surface area contributed by atoms with Crippen LogP contribution < -0.4 is 15.4 Å². The van der Waals surface area contributed by atoms with Gasteiger partial charge >= 0.3 is 6.18 Å². The molecule has 0 aliphatic heterocycles. The average molecular weight is 262 g/mol. The lowest BCUT2D eigenvalue weighted by molar-refractivity contribution is -0.365. The first kappa shape index (κ1) is 14.3. The number of pyridine rings is 1. The summed E-state index contributed by atoms with van der Waals surface area (Å²) in [5.74, 6) is -1.38. The van der Waals surface area contributed by atoms with Gasteiger partial charge in [-0.2, -0.15) is 13.2 Å². The quantitative estimate of drug-likeness (QED) is 0.868. The lowest BCUT2D eigenvalue weighted by atomic mass is 10.1. The smallest absolute Gasteiger partial charge is 0.419 e. The first-order valence-corrected chi connectivity index (χ1v) is 5.28. The Morgan fingerprint density at radius 2 is 2.00 bits per heavy atom. The monoisotopic (exact) mass is 262 g/mol. The van der Waals surface area contributed by atoms with Crippen molar-refractivity contribution < 1.29 is 28.1 Å². The Bertz CT molecular complexity index is 415. The van der Waals surface area contributed by atoms with Crippen LogP contribution in [0.3, 0.4) is 0 Å². The largest absolute Gasteiger partial charge is 0.546 e. The van der Waals surface area contributed by atoms with Crippen LogP contribution in [-0.4, -0.2) is 12.0 Å². The van der Waals surface area contributed by atoms with E-state index in [-0.39, 0.29) is 11.7 Å². The van der Waals surface area contributed by atoms with Crippen molar-refractivity contribution in [3.05, 3.63) is 23.9 Å². The third-order valence-corrected chi connectivity index (χ3v) is 2.37. The number of rotatable bonds is 4. The van der Waals surface area contributed by atoms with E-state index < -0.39 is 23.8 Å². The molecule has 0 fully saturated rings. The fourth-order valence-corrected chi connectivity index (χ4v) is 1.36. The van der Waals surface area contributed by atoms with E-state index in [4.69, 9.17) is 0 Å². The number of alkyl halides is 3. The van der Waals surface area contributed by atoms with Gasteiger partial charge in [0.2, 0.25) is 0 Å². The molecule has 4 nitrogen and oxygen atoms in total. The number of carboxylic acids is 1. The Balaban J connectivity index is 2.83. The molecule has 1 rings (SSSR count). The highest BCUT2D eigenvalue weighted by molar-refractivity contribution is 5.74. The SMILES string of the molecule is CC(C)[C@H](Nc1ccc(C(F)(F)F)c[nH+]1)C(=O)[O-]. The maximum absolute atomic E-state index is 12.3. The number of halogens is 3. The second-order valence-electron chi connectivity index (χ2n) is 4.17. The number of carbonyl (C=O) groups excluding carboxylic acids is 1. The summed E-state index contributed by atoms with van der Waals surface area (Å²) in [6, 6.07) is 1.03. The van der Waals surface area contributed by atoms with Gasteiger partial charge in [0.25, 0.3) is 5.82 Å². The Kier molecular flexibility index (Phi) is 4.15. The van der Waals surface area contributed by atoms with Gasteiger partial charge in [0.05, 0.1) is 11.5 Å². The Hall–Kier alpha value is -1.79. The Morgan fingerprint density at radius 3 is 2.33 bits per heavy atom. The molecule has 0 aliphatic carbocycles. The van der Waals surface area contributed by atoms with Crippen molar-refractivity contribution in [2.45, 2.75) is 26.1 Å². The predicted molar refractivity (Wildman–Crippen MR) is 55.3 cm³/mol. The molecular formula is C11H13F3N2O2. The Morgan fingerprint density at radius 1 is 1.39 bits per heavy atom. The van der Waals surface area contributed by atoms with Crippen molar-refractivity contribution in [3.63, 3.8) is 0 Å². The highest BCUT2D eigenvalue weighted by atomic mass is 19.4. The molecule has 18 heavy (non-hydrogen) atoms. The highest BCUT2D eigenvalue weighted by Crippen LogP contribution is 2.28. The minimum absolute atomic E-state index is 0.186. The second-order valence-corrected chi connectivity index (χ2v) is 4.17. The minimum atomic E-state index is -4.43. The van der Waals surface area contributed by atoms with E-state index in [1.807, 2.05) is 0 Å². The number of aliphatic carboxylic acids is 1. The molecule has 2 N–H and O–H groups in total. The van der Waals surface area contributed by atoms with E-state index in [0.717, 1.165) is 18.3 Å². The summed E-state index contributed by atoms with van der Waals surface area (Å²) >= 11 is 0. The number of aromatic amines is 1. The molecule has 0 amide bonds. The van der Waals surface area contributed by atoms with Crippen molar-refractivity contribution in [2.24, 2.45) is 5.92 Å². The lowest BCUT2D eigenvalue weighted by Gasteiger charge is -2.18. The molecular weight excluding hydrogens is 249 g/mol. The maximum atomic E-state index is 12.3. The van der Waals surface area contributed by atoms with E-state index >= 15 is 0 Å². The number of aromatic nitrogens is 1. The summed E-state index contributed by atoms with van der Waals surface area (Å²) in [6.07, 6.45) is -3.66. The Labute approximate surface area is 102 Å². The maximum Gasteiger partial charge on any atom is 0.419 e. The normalized spacial score (nSPS) is 13.4. The molecule has 0 aromatic carbocycles. The minimum Gasteiger partial charge on any atom is -0.546 e. The number of anilines is 1. The molecule has 1 heterocycles. The fraction of sp³-hybridized carbons (Fsp3) is 0.455. The molecule has 0 bridgehead atoms. The summed E-state index contributed by atoms with van der Waals surface area (Å²) in [7, 11) is 0. The number of carbonyl (C=O) groups is 1. The van der Waals surface area contributed by atoms with E-state index in [0.29, 0.717) is 0 Å². The predicted octanol–water partition coefficient (Wildman–Crippen LogP) is 0.706. The topological polar surface area (TPSA) is 66.3 Å². The van der Waals surface area contributed by atoms with Gasteiger partial charge < -0.3 is 9.90 Å². The number of nitrogens with one attached hydrogen (secondary N) is 2. The van der Waals surface area contributed by atoms with Crippen molar-refractivity contribution in [3.8, 4) is 0 Å². The molecule has 1 aromatic rings. The molecule has 1 aromatic heterocycles. The summed E-state index contributed by atoms with van der Waals surface area (Å²) in [5.41, 5.74) is -0.831. The third-order valence-electron chi connectivity index (χ3n) is 2.37. The number of hydrogen-bond acceptors (Lipinski definition) is 3. The highest BCUT2D eigenvalue weighted by Gasteiger charge is 2.32. The van der Waals surface area contributed by atoms with Crippen molar-refractivity contribution >= 4 is 11.8 Å². The molecule has 100 valence electrons. The van der Waals surface area contributed by atoms with Gasteiger partial charge in [0.1, 0.15) is 12.2 Å². The van der Waals surface area contributed by atoms with Crippen LogP contribution in [0.25, 0.3) is 0 Å². The number of H-pyrrole nitrogens is 1. The van der Waals surface area contributed by atoms with Crippen LogP contribution in [0.5, 0.6) is 0 Å². The zero-order valence-corrected chi connectivity index (χ0v) is 9.84. The summed E-state index contributed by atoms with van der Waals surface area (Å²) < 4.78 is 36.9. The van der Waals surface area contributed by atoms with Crippen LogP contribution in [0, 0.1) is 5.92 Å². The third kappa shape index (κ3) is 3.61. The van der Waals surface area contributed by atoms with E-state index in [1.54, 1.807) is 13.8 Å². The summed E-state index contributed by atoms with van der Waals surface area (Å²) in [4.78, 5) is 13.2. The van der Waals surface area contributed by atoms with Crippen LogP contribution in [-0.2, 0) is 11.0 Å². The van der Waals surface area contributed by atoms with Gasteiger partial charge in [-0.25, -0.2) is 4.98 Å². The summed E-state index contributed by atoms with van der Waals surface area (Å²) in [6.45, 7) is 3.33. The number of carboxylic acid groups (broad SMARTS) is 1. The van der Waals surface area contributed by atoms with Crippen LogP contribution >= 0.6 is 0 Å². The van der Waals surface area contributed by atoms with Gasteiger partial charge in [0.15, 0.2) is 0 Å². The average Bonchev–Trinajstić information content (AvgIpc) is 2.24. The molecule has 0 radical (unpaired) electrons. The molecule has 0 spiro atoms. The lowest BCUT2D eigenvalue weighted by Crippen LogP contribution is -2.45. The molecule has 0 saturated heterocycles. The summed E-state index contributed by atoms with van der Waals surface area (Å²) in [5, 5.41) is 13.4. The zero-order valence-electron chi connectivity index (χ0n) is 9.84. The van der Waals surface area contributed by atoms with Gasteiger partial charge in [-0.05, 0) is 12.0 Å². The van der Waals surface area contributed by atoms with E-state index in [2.05, 4.69) is 10.3 Å². The number of hydrogen-bond donors (Lipinski definition) is 1. The van der Waals surface area contributed by atoms with Crippen LogP contribution in [0.15, 0.2) is 18.3 Å². The standard InChI is InChI=1S/C11H13F3N2O2/c1-6(2)9(10(17)18)16-8-4-3-7(5-15-8)11(12,13)14/h3-6,9H,1-2H3,(H,15,16)(H,17,18)/t9-/m0/s1. The van der Waals surface area contributed by atoms with Crippen molar-refractivity contribution in [2.75, 3.05) is 5.32 Å². The molecule has 1 atom stereocenters. The zero-order chi connectivity index (χ0) is 13.9. The first-order valence-electron chi connectivity index (χ1n) is 5.28. The van der Waals surface area contributed by atoms with Crippen LogP contribution in [0.2, 0.25) is 0 Å². The molecule has 0 unspecified atom stereocenters. The van der Waals surface area contributed by atoms with Crippen LogP contribution in [0.1, 0.15) is 19.4 Å². The van der Waals surface area contributed by atoms with Crippen molar-refractivity contribution in [1.29, 1.82) is 0 Å². The fourth-order valence-electron chi connectivity index (χ4n) is 1.36. The van der Waals surface area contributed by atoms with Crippen LogP contribution in [0.4, 0.5) is 19.0 Å². The first-order chi connectivity index (χ1) is 8.21. The second kappa shape index (κ2) is 5.24. The van der Waals surface area contributed by atoms with Gasteiger partial charge in [-0.3, -0.25) is 5.32 Å². The van der Waals surface area contributed by atoms with Gasteiger partial charge in [-0.1, -0.05) is 13.8 Å². The van der Waals surface area contributed by atoms with E-state index in [1.165, 1.54) is 0 Å². The molecule has 7 heteroatoms. The van der Waals surface area contributed by atoms with E-state index in [9.17, 15) is 23.1 Å². The van der Waals surface area contributed by atoms with Crippen molar-refractivity contribution in [1.82, 2.24) is 0 Å². The van der Waals surface area contributed by atoms with Gasteiger partial charge in [-0.15, -0.1) is 0 Å². The van der Waals surface area contributed by atoms with Gasteiger partial charge in [0, 0.05) is 6.07 Å². The molecule has 0 saturated carbocycles. The molecule has 0 aliphatic rings.